The highest BCUT2D eigenvalue weighted by atomic mass is 16.5. The van der Waals surface area contributed by atoms with E-state index in [1.165, 1.54) is 5.56 Å². The molecule has 1 heterocycles. The van der Waals surface area contributed by atoms with Crippen LogP contribution in [0, 0.1) is 0 Å². The molecule has 0 fully saturated rings. The largest absolute Gasteiger partial charge is 0.489 e. The fourth-order valence-corrected chi connectivity index (χ4v) is 1.96. The lowest BCUT2D eigenvalue weighted by Crippen LogP contribution is -2.13. The fraction of sp³-hybridized carbons (Fsp3) is 0.312. The van der Waals surface area contributed by atoms with Crippen molar-refractivity contribution in [3.8, 4) is 5.75 Å². The van der Waals surface area contributed by atoms with Gasteiger partial charge < -0.3 is 10.5 Å². The average Bonchev–Trinajstić information content (AvgIpc) is 2.36. The van der Waals surface area contributed by atoms with E-state index < -0.39 is 0 Å². The highest BCUT2D eigenvalue weighted by Crippen LogP contribution is 2.31. The normalized spacial score (nSPS) is 11.3. The predicted octanol–water partition coefficient (Wildman–Crippen LogP) is 3.54. The molecule has 0 saturated heterocycles. The van der Waals surface area contributed by atoms with Crippen LogP contribution in [0.3, 0.4) is 0 Å². The lowest BCUT2D eigenvalue weighted by Gasteiger charge is -2.22. The molecule has 0 aliphatic rings. The number of nitrogens with zero attached hydrogens (tertiary/aromatic N) is 1. The van der Waals surface area contributed by atoms with E-state index in [0.717, 1.165) is 11.3 Å². The number of para-hydroxylation sites is 1. The first kappa shape index (κ1) is 13.4. The fourth-order valence-electron chi connectivity index (χ4n) is 1.96. The number of rotatable bonds is 3. The first-order chi connectivity index (χ1) is 8.97. The van der Waals surface area contributed by atoms with Gasteiger partial charge in [0.2, 0.25) is 0 Å². The van der Waals surface area contributed by atoms with Crippen LogP contribution in [0.2, 0.25) is 0 Å². The van der Waals surface area contributed by atoms with E-state index in [-0.39, 0.29) is 5.41 Å². The van der Waals surface area contributed by atoms with Crippen molar-refractivity contribution in [3.63, 3.8) is 0 Å². The lowest BCUT2D eigenvalue weighted by molar-refractivity contribution is 0.297. The Balaban J connectivity index is 2.16. The second-order valence-electron chi connectivity index (χ2n) is 5.62. The first-order valence-electron chi connectivity index (χ1n) is 6.39. The van der Waals surface area contributed by atoms with Crippen LogP contribution in [0.1, 0.15) is 31.9 Å². The van der Waals surface area contributed by atoms with Crippen molar-refractivity contribution in [2.45, 2.75) is 32.8 Å². The standard InChI is InChI=1S/C16H20N2O/c1-16(2,3)13-6-4-5-7-14(13)19-11-12-8-9-18-15(17)10-12/h4-10H,11H2,1-3H3,(H2,17,18). The number of hydrogen-bond acceptors (Lipinski definition) is 3. The van der Waals surface area contributed by atoms with E-state index in [9.17, 15) is 0 Å². The van der Waals surface area contributed by atoms with Crippen molar-refractivity contribution in [2.24, 2.45) is 0 Å². The molecule has 0 aliphatic carbocycles. The van der Waals surface area contributed by atoms with E-state index in [4.69, 9.17) is 10.5 Å². The molecule has 19 heavy (non-hydrogen) atoms. The second kappa shape index (κ2) is 5.31. The van der Waals surface area contributed by atoms with Gasteiger partial charge in [0, 0.05) is 6.20 Å². The third-order valence-corrected chi connectivity index (χ3v) is 2.93. The zero-order valence-corrected chi connectivity index (χ0v) is 11.7. The summed E-state index contributed by atoms with van der Waals surface area (Å²) >= 11 is 0. The average molecular weight is 256 g/mol. The molecule has 3 heteroatoms. The van der Waals surface area contributed by atoms with Gasteiger partial charge in [0.1, 0.15) is 18.2 Å². The zero-order chi connectivity index (χ0) is 13.9. The minimum Gasteiger partial charge on any atom is -0.489 e. The molecule has 2 N–H and O–H groups in total. The number of ether oxygens (including phenoxy) is 1. The van der Waals surface area contributed by atoms with Crippen LogP contribution < -0.4 is 10.5 Å². The molecule has 100 valence electrons. The quantitative estimate of drug-likeness (QED) is 0.913. The van der Waals surface area contributed by atoms with E-state index in [1.807, 2.05) is 30.3 Å². The van der Waals surface area contributed by atoms with Crippen molar-refractivity contribution >= 4 is 5.82 Å². The first-order valence-corrected chi connectivity index (χ1v) is 6.39. The molecule has 0 unspecified atom stereocenters. The van der Waals surface area contributed by atoms with E-state index in [2.05, 4.69) is 31.8 Å². The maximum Gasteiger partial charge on any atom is 0.123 e. The van der Waals surface area contributed by atoms with Crippen molar-refractivity contribution < 1.29 is 4.74 Å². The minimum atomic E-state index is 0.0634. The van der Waals surface area contributed by atoms with Gasteiger partial charge in [-0.15, -0.1) is 0 Å². The Kier molecular flexibility index (Phi) is 3.74. The summed E-state index contributed by atoms with van der Waals surface area (Å²) in [6.45, 7) is 7.04. The van der Waals surface area contributed by atoms with Gasteiger partial charge in [0.15, 0.2) is 0 Å². The van der Waals surface area contributed by atoms with Crippen LogP contribution in [0.5, 0.6) is 5.75 Å². The Labute approximate surface area is 114 Å². The summed E-state index contributed by atoms with van der Waals surface area (Å²) < 4.78 is 5.92. The van der Waals surface area contributed by atoms with Crippen molar-refractivity contribution in [2.75, 3.05) is 5.73 Å². The number of aromatic nitrogens is 1. The molecule has 1 aromatic carbocycles. The molecule has 0 bridgehead atoms. The third kappa shape index (κ3) is 3.47. The zero-order valence-electron chi connectivity index (χ0n) is 11.7. The monoisotopic (exact) mass is 256 g/mol. The number of anilines is 1. The predicted molar refractivity (Wildman–Crippen MR) is 78.1 cm³/mol. The van der Waals surface area contributed by atoms with Crippen LogP contribution >= 0.6 is 0 Å². The van der Waals surface area contributed by atoms with Crippen LogP contribution in [-0.2, 0) is 12.0 Å². The smallest absolute Gasteiger partial charge is 0.123 e. The Morgan fingerprint density at radius 1 is 1.16 bits per heavy atom. The Bertz CT molecular complexity index is 559. The molecule has 1 aromatic heterocycles. The lowest BCUT2D eigenvalue weighted by atomic mass is 9.86. The van der Waals surface area contributed by atoms with Crippen LogP contribution in [0.4, 0.5) is 5.82 Å². The number of pyridine rings is 1. The summed E-state index contributed by atoms with van der Waals surface area (Å²) in [7, 11) is 0. The summed E-state index contributed by atoms with van der Waals surface area (Å²) in [6.07, 6.45) is 1.70. The maximum atomic E-state index is 5.92. The van der Waals surface area contributed by atoms with Gasteiger partial charge in [-0.05, 0) is 34.7 Å². The van der Waals surface area contributed by atoms with Crippen LogP contribution in [0.15, 0.2) is 42.6 Å². The molecule has 3 nitrogen and oxygen atoms in total. The van der Waals surface area contributed by atoms with Gasteiger partial charge in [0.05, 0.1) is 0 Å². The van der Waals surface area contributed by atoms with Gasteiger partial charge in [-0.25, -0.2) is 4.98 Å². The second-order valence-corrected chi connectivity index (χ2v) is 5.62. The summed E-state index contributed by atoms with van der Waals surface area (Å²) in [4.78, 5) is 3.97. The van der Waals surface area contributed by atoms with Crippen molar-refractivity contribution in [1.82, 2.24) is 4.98 Å². The summed E-state index contributed by atoms with van der Waals surface area (Å²) in [5, 5.41) is 0. The summed E-state index contributed by atoms with van der Waals surface area (Å²) in [5.74, 6) is 1.44. The molecule has 0 amide bonds. The van der Waals surface area contributed by atoms with E-state index in [1.54, 1.807) is 6.20 Å². The van der Waals surface area contributed by atoms with Gasteiger partial charge in [-0.2, -0.15) is 0 Å². The SMILES string of the molecule is CC(C)(C)c1ccccc1OCc1ccnc(N)c1. The number of nitrogens with two attached hydrogens (primary N) is 1. The Hall–Kier alpha value is -2.03. The molecule has 0 aliphatic heterocycles. The topological polar surface area (TPSA) is 48.1 Å². The molecular formula is C16H20N2O. The number of benzene rings is 1. The van der Waals surface area contributed by atoms with Crippen molar-refractivity contribution in [1.29, 1.82) is 0 Å². The Morgan fingerprint density at radius 2 is 1.89 bits per heavy atom. The molecular weight excluding hydrogens is 236 g/mol. The van der Waals surface area contributed by atoms with Gasteiger partial charge in [-0.3, -0.25) is 0 Å². The highest BCUT2D eigenvalue weighted by Gasteiger charge is 2.18. The molecule has 0 spiro atoms. The van der Waals surface area contributed by atoms with Crippen LogP contribution in [-0.4, -0.2) is 4.98 Å². The highest BCUT2D eigenvalue weighted by molar-refractivity contribution is 5.39. The summed E-state index contributed by atoms with van der Waals surface area (Å²) in [5.41, 5.74) is 7.95. The minimum absolute atomic E-state index is 0.0634. The number of hydrogen-bond donors (Lipinski definition) is 1. The van der Waals surface area contributed by atoms with E-state index >= 15 is 0 Å². The van der Waals surface area contributed by atoms with Gasteiger partial charge >= 0.3 is 0 Å². The molecule has 0 radical (unpaired) electrons. The van der Waals surface area contributed by atoms with Crippen molar-refractivity contribution in [3.05, 3.63) is 53.7 Å². The summed E-state index contributed by atoms with van der Waals surface area (Å²) in [6, 6.07) is 11.9. The molecule has 2 aromatic rings. The molecule has 0 atom stereocenters. The van der Waals surface area contributed by atoms with Gasteiger partial charge in [-0.1, -0.05) is 39.0 Å². The third-order valence-electron chi connectivity index (χ3n) is 2.93. The maximum absolute atomic E-state index is 5.92. The van der Waals surface area contributed by atoms with E-state index in [0.29, 0.717) is 12.4 Å². The number of nitrogen functional groups attached to an aromatic ring is 1. The Morgan fingerprint density at radius 3 is 2.58 bits per heavy atom. The van der Waals surface area contributed by atoms with Crippen LogP contribution in [0.25, 0.3) is 0 Å². The van der Waals surface area contributed by atoms with Gasteiger partial charge in [0.25, 0.3) is 0 Å². The molecule has 0 saturated carbocycles. The molecule has 2 rings (SSSR count).